The number of sulfonamides is 1. The van der Waals surface area contributed by atoms with Gasteiger partial charge in [-0.05, 0) is 17.7 Å². The molecule has 0 bridgehead atoms. The van der Waals surface area contributed by atoms with Crippen LogP contribution in [0, 0.1) is 0 Å². The zero-order valence-corrected chi connectivity index (χ0v) is 10.2. The third-order valence-corrected chi connectivity index (χ3v) is 4.30. The molecule has 2 rings (SSSR count). The van der Waals surface area contributed by atoms with E-state index in [0.29, 0.717) is 19.8 Å². The monoisotopic (exact) mass is 253 g/mol. The lowest BCUT2D eigenvalue weighted by molar-refractivity contribution is 0.455. The number of rotatable bonds is 3. The fourth-order valence-electron chi connectivity index (χ4n) is 1.58. The first-order valence-electron chi connectivity index (χ1n) is 5.33. The highest BCUT2D eigenvalue weighted by Crippen LogP contribution is 2.17. The van der Waals surface area contributed by atoms with Crippen molar-refractivity contribution in [3.8, 4) is 0 Å². The van der Waals surface area contributed by atoms with Gasteiger partial charge < -0.3 is 5.73 Å². The Balaban J connectivity index is 2.30. The van der Waals surface area contributed by atoms with Gasteiger partial charge in [-0.2, -0.15) is 0 Å². The van der Waals surface area contributed by atoms with Gasteiger partial charge in [0.05, 0.1) is 11.6 Å². The van der Waals surface area contributed by atoms with Crippen LogP contribution in [0.3, 0.4) is 0 Å². The first kappa shape index (κ1) is 12.1. The van der Waals surface area contributed by atoms with E-state index in [1.165, 1.54) is 4.31 Å². The maximum atomic E-state index is 12.2. The van der Waals surface area contributed by atoms with Crippen LogP contribution in [0.1, 0.15) is 5.56 Å². The molecule has 6 heteroatoms. The van der Waals surface area contributed by atoms with Crippen molar-refractivity contribution in [1.82, 2.24) is 9.62 Å². The molecule has 0 spiro atoms. The predicted molar refractivity (Wildman–Crippen MR) is 65.4 cm³/mol. The molecule has 0 saturated heterocycles. The number of nitrogens with zero attached hydrogens (tertiary/aromatic N) is 1. The van der Waals surface area contributed by atoms with Gasteiger partial charge in [0.2, 0.25) is 0 Å². The molecule has 0 amide bonds. The average molecular weight is 253 g/mol. The van der Waals surface area contributed by atoms with Crippen LogP contribution >= 0.6 is 0 Å². The highest BCUT2D eigenvalue weighted by Gasteiger charge is 2.21. The standard InChI is InChI=1S/C11H15N3O2S/c12-8-10-2-4-11(5-3-10)17(15,16)14-7-1-6-13-9-14/h1-5,7,13H,6,8-9,12H2. The van der Waals surface area contributed by atoms with Gasteiger partial charge in [0.1, 0.15) is 0 Å². The third kappa shape index (κ3) is 2.49. The molecular weight excluding hydrogens is 238 g/mol. The summed E-state index contributed by atoms with van der Waals surface area (Å²) in [5, 5.41) is 2.97. The molecule has 1 aliphatic rings. The van der Waals surface area contributed by atoms with Crippen LogP contribution in [-0.4, -0.2) is 25.9 Å². The molecule has 0 radical (unpaired) electrons. The molecule has 0 aromatic heterocycles. The van der Waals surface area contributed by atoms with Crippen molar-refractivity contribution >= 4 is 10.0 Å². The molecule has 0 fully saturated rings. The minimum Gasteiger partial charge on any atom is -0.326 e. The summed E-state index contributed by atoms with van der Waals surface area (Å²) in [6.07, 6.45) is 3.36. The van der Waals surface area contributed by atoms with Crippen LogP contribution in [0.25, 0.3) is 0 Å². The van der Waals surface area contributed by atoms with Crippen molar-refractivity contribution in [2.24, 2.45) is 5.73 Å². The summed E-state index contributed by atoms with van der Waals surface area (Å²) < 4.78 is 25.7. The predicted octanol–water partition coefficient (Wildman–Crippen LogP) is 0.210. The van der Waals surface area contributed by atoms with E-state index < -0.39 is 10.0 Å². The van der Waals surface area contributed by atoms with Crippen molar-refractivity contribution in [2.75, 3.05) is 13.2 Å². The van der Waals surface area contributed by atoms with Gasteiger partial charge in [-0.3, -0.25) is 9.62 Å². The second-order valence-electron chi connectivity index (χ2n) is 3.74. The van der Waals surface area contributed by atoms with Crippen molar-refractivity contribution in [1.29, 1.82) is 0 Å². The van der Waals surface area contributed by atoms with Gasteiger partial charge in [-0.1, -0.05) is 18.2 Å². The zero-order chi connectivity index (χ0) is 12.3. The zero-order valence-electron chi connectivity index (χ0n) is 9.33. The molecule has 0 saturated carbocycles. The molecule has 0 aliphatic carbocycles. The van der Waals surface area contributed by atoms with E-state index >= 15 is 0 Å². The van der Waals surface area contributed by atoms with Crippen LogP contribution in [0.4, 0.5) is 0 Å². The summed E-state index contributed by atoms with van der Waals surface area (Å²) in [6.45, 7) is 1.40. The number of hydrogen-bond donors (Lipinski definition) is 2. The van der Waals surface area contributed by atoms with Crippen LogP contribution in [0.15, 0.2) is 41.4 Å². The van der Waals surface area contributed by atoms with E-state index in [1.54, 1.807) is 36.5 Å². The molecule has 1 aliphatic heterocycles. The molecule has 1 heterocycles. The van der Waals surface area contributed by atoms with Gasteiger partial charge in [0, 0.05) is 19.3 Å². The number of benzene rings is 1. The molecule has 5 nitrogen and oxygen atoms in total. The number of nitrogens with one attached hydrogen (secondary N) is 1. The lowest BCUT2D eigenvalue weighted by Crippen LogP contribution is -2.38. The maximum absolute atomic E-state index is 12.2. The van der Waals surface area contributed by atoms with Crippen LogP contribution in [-0.2, 0) is 16.6 Å². The molecule has 1 aromatic rings. The van der Waals surface area contributed by atoms with E-state index in [-0.39, 0.29) is 4.90 Å². The van der Waals surface area contributed by atoms with Crippen LogP contribution in [0.2, 0.25) is 0 Å². The maximum Gasteiger partial charge on any atom is 0.264 e. The van der Waals surface area contributed by atoms with Gasteiger partial charge in [-0.25, -0.2) is 8.42 Å². The summed E-state index contributed by atoms with van der Waals surface area (Å²) in [7, 11) is -3.44. The summed E-state index contributed by atoms with van der Waals surface area (Å²) in [5.74, 6) is 0. The Hall–Kier alpha value is -1.37. The molecule has 0 unspecified atom stereocenters. The van der Waals surface area contributed by atoms with E-state index in [0.717, 1.165) is 5.56 Å². The first-order valence-corrected chi connectivity index (χ1v) is 6.77. The van der Waals surface area contributed by atoms with E-state index in [1.807, 2.05) is 0 Å². The fraction of sp³-hybridized carbons (Fsp3) is 0.273. The normalized spacial score (nSPS) is 16.2. The summed E-state index contributed by atoms with van der Waals surface area (Å²) in [4.78, 5) is 0.281. The number of hydrogen-bond acceptors (Lipinski definition) is 4. The van der Waals surface area contributed by atoms with Crippen molar-refractivity contribution in [2.45, 2.75) is 11.4 Å². The Kier molecular flexibility index (Phi) is 3.46. The van der Waals surface area contributed by atoms with Gasteiger partial charge >= 0.3 is 0 Å². The van der Waals surface area contributed by atoms with Crippen molar-refractivity contribution in [3.63, 3.8) is 0 Å². The average Bonchev–Trinajstić information content (AvgIpc) is 2.40. The minimum absolute atomic E-state index is 0.281. The lowest BCUT2D eigenvalue weighted by atomic mass is 10.2. The lowest BCUT2D eigenvalue weighted by Gasteiger charge is -2.23. The van der Waals surface area contributed by atoms with Gasteiger partial charge in [0.15, 0.2) is 0 Å². The van der Waals surface area contributed by atoms with Crippen LogP contribution in [0.5, 0.6) is 0 Å². The van der Waals surface area contributed by atoms with Crippen LogP contribution < -0.4 is 11.1 Å². The van der Waals surface area contributed by atoms with Gasteiger partial charge in [0.25, 0.3) is 10.0 Å². The molecule has 3 N–H and O–H groups in total. The second-order valence-corrected chi connectivity index (χ2v) is 5.63. The smallest absolute Gasteiger partial charge is 0.264 e. The van der Waals surface area contributed by atoms with Crippen molar-refractivity contribution < 1.29 is 8.42 Å². The van der Waals surface area contributed by atoms with Gasteiger partial charge in [-0.15, -0.1) is 0 Å². The largest absolute Gasteiger partial charge is 0.326 e. The number of nitrogens with two attached hydrogens (primary N) is 1. The first-order chi connectivity index (χ1) is 8.14. The molecule has 0 atom stereocenters. The molecule has 1 aromatic carbocycles. The Morgan fingerprint density at radius 3 is 2.53 bits per heavy atom. The highest BCUT2D eigenvalue weighted by molar-refractivity contribution is 7.89. The molecule has 92 valence electrons. The van der Waals surface area contributed by atoms with E-state index in [9.17, 15) is 8.42 Å². The topological polar surface area (TPSA) is 75.4 Å². The quantitative estimate of drug-likeness (QED) is 0.807. The summed E-state index contributed by atoms with van der Waals surface area (Å²) in [5.41, 5.74) is 6.38. The van der Waals surface area contributed by atoms with E-state index in [4.69, 9.17) is 5.73 Å². The Morgan fingerprint density at radius 1 is 1.29 bits per heavy atom. The Labute approximate surface area is 101 Å². The Bertz CT molecular complexity index is 508. The highest BCUT2D eigenvalue weighted by atomic mass is 32.2. The summed E-state index contributed by atoms with van der Waals surface area (Å²) >= 11 is 0. The third-order valence-electron chi connectivity index (χ3n) is 2.57. The molecular formula is C11H15N3O2S. The second kappa shape index (κ2) is 4.87. The minimum atomic E-state index is -3.44. The Morgan fingerprint density at radius 2 is 2.00 bits per heavy atom. The molecule has 17 heavy (non-hydrogen) atoms. The van der Waals surface area contributed by atoms with E-state index in [2.05, 4.69) is 5.32 Å². The summed E-state index contributed by atoms with van der Waals surface area (Å²) in [6, 6.07) is 6.63. The SMILES string of the molecule is NCc1ccc(S(=O)(=O)N2C=CCNC2)cc1. The van der Waals surface area contributed by atoms with Crippen molar-refractivity contribution in [3.05, 3.63) is 42.1 Å². The fourth-order valence-corrected chi connectivity index (χ4v) is 2.84.